The predicted molar refractivity (Wildman–Crippen MR) is 70.0 cm³/mol. The third-order valence-electron chi connectivity index (χ3n) is 3.33. The van der Waals surface area contributed by atoms with Gasteiger partial charge in [-0.3, -0.25) is 4.79 Å². The van der Waals surface area contributed by atoms with Crippen LogP contribution in [0.15, 0.2) is 18.2 Å². The van der Waals surface area contributed by atoms with Gasteiger partial charge in [-0.1, -0.05) is 18.6 Å². The number of hydrogen-bond donors (Lipinski definition) is 2. The van der Waals surface area contributed by atoms with Crippen molar-refractivity contribution in [1.82, 2.24) is 5.32 Å². The highest BCUT2D eigenvalue weighted by Crippen LogP contribution is 2.19. The van der Waals surface area contributed by atoms with Crippen molar-refractivity contribution < 1.29 is 9.18 Å². The molecule has 1 aromatic carbocycles. The number of benzene rings is 1. The Kier molecular flexibility index (Phi) is 4.31. The van der Waals surface area contributed by atoms with Crippen LogP contribution >= 0.6 is 0 Å². The lowest BCUT2D eigenvalue weighted by molar-refractivity contribution is -0.116. The van der Waals surface area contributed by atoms with Gasteiger partial charge in [-0.2, -0.15) is 0 Å². The largest absolute Gasteiger partial charge is 0.323 e. The minimum Gasteiger partial charge on any atom is -0.323 e. The molecule has 1 saturated heterocycles. The van der Waals surface area contributed by atoms with Crippen LogP contribution in [0.25, 0.3) is 0 Å². The fourth-order valence-electron chi connectivity index (χ4n) is 2.30. The van der Waals surface area contributed by atoms with E-state index < -0.39 is 0 Å². The molecule has 0 aromatic heterocycles. The van der Waals surface area contributed by atoms with E-state index in [-0.39, 0.29) is 17.8 Å². The predicted octanol–water partition coefficient (Wildman–Crippen LogP) is 2.60. The van der Waals surface area contributed by atoms with E-state index in [9.17, 15) is 9.18 Å². The van der Waals surface area contributed by atoms with Gasteiger partial charge >= 0.3 is 0 Å². The third-order valence-corrected chi connectivity index (χ3v) is 3.33. The van der Waals surface area contributed by atoms with E-state index in [0.717, 1.165) is 24.9 Å². The first-order chi connectivity index (χ1) is 8.66. The van der Waals surface area contributed by atoms with Crippen molar-refractivity contribution >= 4 is 11.6 Å². The maximum atomic E-state index is 13.6. The molecule has 1 aliphatic rings. The zero-order valence-electron chi connectivity index (χ0n) is 10.6. The van der Waals surface area contributed by atoms with E-state index in [1.54, 1.807) is 19.1 Å². The first-order valence-corrected chi connectivity index (χ1v) is 6.45. The van der Waals surface area contributed by atoms with Gasteiger partial charge in [0, 0.05) is 12.5 Å². The average Bonchev–Trinajstić information content (AvgIpc) is 2.35. The van der Waals surface area contributed by atoms with Crippen molar-refractivity contribution in [1.29, 1.82) is 0 Å². The number of hydrogen-bond acceptors (Lipinski definition) is 2. The summed E-state index contributed by atoms with van der Waals surface area (Å²) in [6.07, 6.45) is 3.76. The van der Waals surface area contributed by atoms with Gasteiger partial charge in [-0.05, 0) is 37.9 Å². The molecule has 18 heavy (non-hydrogen) atoms. The molecule has 3 nitrogen and oxygen atoms in total. The molecule has 0 aliphatic carbocycles. The molecule has 4 heteroatoms. The van der Waals surface area contributed by atoms with Crippen molar-refractivity contribution in [2.24, 2.45) is 0 Å². The van der Waals surface area contributed by atoms with E-state index in [1.165, 1.54) is 12.5 Å². The first kappa shape index (κ1) is 13.0. The van der Waals surface area contributed by atoms with E-state index in [0.29, 0.717) is 12.1 Å². The molecule has 1 heterocycles. The Labute approximate surface area is 107 Å². The van der Waals surface area contributed by atoms with Crippen LogP contribution in [-0.2, 0) is 4.79 Å². The highest BCUT2D eigenvalue weighted by atomic mass is 19.1. The summed E-state index contributed by atoms with van der Waals surface area (Å²) in [6.45, 7) is 2.76. The number of anilines is 1. The fraction of sp³-hybridized carbons (Fsp3) is 0.500. The van der Waals surface area contributed by atoms with Crippen LogP contribution in [0.4, 0.5) is 10.1 Å². The number of rotatable bonds is 3. The Morgan fingerprint density at radius 3 is 3.00 bits per heavy atom. The van der Waals surface area contributed by atoms with E-state index in [2.05, 4.69) is 10.6 Å². The molecule has 2 rings (SSSR count). The second kappa shape index (κ2) is 5.96. The Balaban J connectivity index is 1.94. The number of amides is 1. The van der Waals surface area contributed by atoms with Gasteiger partial charge in [0.25, 0.3) is 0 Å². The molecule has 0 radical (unpaired) electrons. The van der Waals surface area contributed by atoms with E-state index in [4.69, 9.17) is 0 Å². The molecule has 98 valence electrons. The second-order valence-corrected chi connectivity index (χ2v) is 4.83. The summed E-state index contributed by atoms with van der Waals surface area (Å²) < 4.78 is 13.6. The highest BCUT2D eigenvalue weighted by Gasteiger charge is 2.17. The summed E-state index contributed by atoms with van der Waals surface area (Å²) in [6, 6.07) is 5.02. The van der Waals surface area contributed by atoms with Crippen LogP contribution in [0.5, 0.6) is 0 Å². The van der Waals surface area contributed by atoms with Crippen LogP contribution in [-0.4, -0.2) is 18.5 Å². The molecule has 1 fully saturated rings. The Bertz CT molecular complexity index is 408. The van der Waals surface area contributed by atoms with E-state index in [1.807, 2.05) is 0 Å². The van der Waals surface area contributed by atoms with Gasteiger partial charge in [0.15, 0.2) is 0 Å². The number of aryl methyl sites for hydroxylation is 1. The monoisotopic (exact) mass is 250 g/mol. The minimum atomic E-state index is -0.375. The zero-order chi connectivity index (χ0) is 13.0. The zero-order valence-corrected chi connectivity index (χ0v) is 10.6. The average molecular weight is 250 g/mol. The lowest BCUT2D eigenvalue weighted by atomic mass is 10.0. The molecule has 1 unspecified atom stereocenters. The fourth-order valence-corrected chi connectivity index (χ4v) is 2.30. The Morgan fingerprint density at radius 1 is 1.50 bits per heavy atom. The molecule has 1 aromatic rings. The number of para-hydroxylation sites is 1. The lowest BCUT2D eigenvalue weighted by Crippen LogP contribution is -2.37. The molecule has 0 saturated carbocycles. The molecule has 1 atom stereocenters. The summed E-state index contributed by atoms with van der Waals surface area (Å²) in [7, 11) is 0. The topological polar surface area (TPSA) is 41.1 Å². The second-order valence-electron chi connectivity index (χ2n) is 4.83. The maximum Gasteiger partial charge on any atom is 0.226 e. The standard InChI is InChI=1S/C14H19FN2O/c1-10-5-4-7-12(15)14(10)17-13(18)9-11-6-2-3-8-16-11/h4-5,7,11,16H,2-3,6,8-9H2,1H3,(H,17,18). The lowest BCUT2D eigenvalue weighted by Gasteiger charge is -2.23. The van der Waals surface area contributed by atoms with Crippen molar-refractivity contribution in [3.05, 3.63) is 29.6 Å². The maximum absolute atomic E-state index is 13.6. The Morgan fingerprint density at radius 2 is 2.33 bits per heavy atom. The Hall–Kier alpha value is -1.42. The number of carbonyl (C=O) groups is 1. The van der Waals surface area contributed by atoms with Crippen molar-refractivity contribution in [3.63, 3.8) is 0 Å². The van der Waals surface area contributed by atoms with Gasteiger partial charge in [-0.25, -0.2) is 4.39 Å². The molecule has 0 bridgehead atoms. The summed E-state index contributed by atoms with van der Waals surface area (Å²) in [5.74, 6) is -0.498. The van der Waals surface area contributed by atoms with Gasteiger partial charge in [-0.15, -0.1) is 0 Å². The van der Waals surface area contributed by atoms with E-state index >= 15 is 0 Å². The number of nitrogens with one attached hydrogen (secondary N) is 2. The molecule has 2 N–H and O–H groups in total. The van der Waals surface area contributed by atoms with Crippen LogP contribution in [0.1, 0.15) is 31.2 Å². The van der Waals surface area contributed by atoms with Gasteiger partial charge < -0.3 is 10.6 Å². The first-order valence-electron chi connectivity index (χ1n) is 6.45. The summed E-state index contributed by atoms with van der Waals surface area (Å²) >= 11 is 0. The summed E-state index contributed by atoms with van der Waals surface area (Å²) in [5, 5.41) is 5.98. The van der Waals surface area contributed by atoms with Gasteiger partial charge in [0.05, 0.1) is 5.69 Å². The van der Waals surface area contributed by atoms with Crippen LogP contribution in [0.3, 0.4) is 0 Å². The van der Waals surface area contributed by atoms with Crippen molar-refractivity contribution in [3.8, 4) is 0 Å². The SMILES string of the molecule is Cc1cccc(F)c1NC(=O)CC1CCCCN1. The quantitative estimate of drug-likeness (QED) is 0.865. The number of carbonyl (C=O) groups excluding carboxylic acids is 1. The summed E-state index contributed by atoms with van der Waals surface area (Å²) in [5.41, 5.74) is 1.05. The third kappa shape index (κ3) is 3.29. The minimum absolute atomic E-state index is 0.123. The number of piperidine rings is 1. The summed E-state index contributed by atoms with van der Waals surface area (Å²) in [4.78, 5) is 11.9. The molecule has 1 amide bonds. The molecule has 0 spiro atoms. The van der Waals surface area contributed by atoms with Crippen LogP contribution < -0.4 is 10.6 Å². The van der Waals surface area contributed by atoms with Crippen LogP contribution in [0.2, 0.25) is 0 Å². The molecular weight excluding hydrogens is 231 g/mol. The molecular formula is C14H19FN2O. The smallest absolute Gasteiger partial charge is 0.226 e. The van der Waals surface area contributed by atoms with Crippen LogP contribution in [0, 0.1) is 12.7 Å². The van der Waals surface area contributed by atoms with Crippen molar-refractivity contribution in [2.45, 2.75) is 38.6 Å². The van der Waals surface area contributed by atoms with Gasteiger partial charge in [0.2, 0.25) is 5.91 Å². The normalized spacial score (nSPS) is 19.6. The number of halogens is 1. The molecule has 1 aliphatic heterocycles. The van der Waals surface area contributed by atoms with Crippen molar-refractivity contribution in [2.75, 3.05) is 11.9 Å². The van der Waals surface area contributed by atoms with Gasteiger partial charge in [0.1, 0.15) is 5.82 Å². The highest BCUT2D eigenvalue weighted by molar-refractivity contribution is 5.92.